The Morgan fingerprint density at radius 2 is 1.95 bits per heavy atom. The second kappa shape index (κ2) is 4.77. The van der Waals surface area contributed by atoms with Crippen LogP contribution in [0.3, 0.4) is 0 Å². The molecule has 0 bridgehead atoms. The first kappa shape index (κ1) is 12.3. The number of rotatable bonds is 2. The second-order valence-corrected chi connectivity index (χ2v) is 4.54. The molecule has 0 radical (unpaired) electrons. The number of benzene rings is 2. The van der Waals surface area contributed by atoms with Crippen LogP contribution in [0.2, 0.25) is 0 Å². The maximum atomic E-state index is 12.1. The molecule has 3 rings (SSSR count). The van der Waals surface area contributed by atoms with E-state index >= 15 is 0 Å². The fourth-order valence-electron chi connectivity index (χ4n) is 2.01. The molecule has 0 aliphatic carbocycles. The van der Waals surface area contributed by atoms with Gasteiger partial charge in [0.2, 0.25) is 6.79 Å². The number of amides is 1. The van der Waals surface area contributed by atoms with Gasteiger partial charge in [-0.15, -0.1) is 0 Å². The number of ether oxygens (including phenoxy) is 2. The van der Waals surface area contributed by atoms with E-state index in [1.165, 1.54) is 0 Å². The van der Waals surface area contributed by atoms with Gasteiger partial charge in [-0.1, -0.05) is 6.07 Å². The van der Waals surface area contributed by atoms with Crippen molar-refractivity contribution in [1.29, 1.82) is 0 Å². The predicted octanol–water partition coefficient (Wildman–Crippen LogP) is 2.68. The molecule has 2 N–H and O–H groups in total. The zero-order valence-electron chi connectivity index (χ0n) is 10.8. The summed E-state index contributed by atoms with van der Waals surface area (Å²) in [5.74, 6) is 0.835. The summed E-state index contributed by atoms with van der Waals surface area (Å²) in [5.41, 5.74) is 1.70. The summed E-state index contributed by atoms with van der Waals surface area (Å²) in [6.45, 7) is 2.03. The molecule has 1 aliphatic heterocycles. The molecule has 1 aliphatic rings. The molecule has 0 unspecified atom stereocenters. The van der Waals surface area contributed by atoms with Crippen LogP contribution >= 0.6 is 0 Å². The first-order chi connectivity index (χ1) is 9.63. The summed E-state index contributed by atoms with van der Waals surface area (Å²) < 4.78 is 10.4. The van der Waals surface area contributed by atoms with Crippen LogP contribution in [0.25, 0.3) is 0 Å². The second-order valence-electron chi connectivity index (χ2n) is 4.54. The highest BCUT2D eigenvalue weighted by atomic mass is 16.7. The minimum absolute atomic E-state index is 0.0387. The van der Waals surface area contributed by atoms with Crippen LogP contribution in [0.1, 0.15) is 15.9 Å². The van der Waals surface area contributed by atoms with Gasteiger partial charge in [-0.05, 0) is 36.8 Å². The number of phenolic OH excluding ortho intramolecular Hbond substituents is 1. The fourth-order valence-corrected chi connectivity index (χ4v) is 2.01. The highest BCUT2D eigenvalue weighted by Gasteiger charge is 2.16. The Bertz CT molecular complexity index is 682. The van der Waals surface area contributed by atoms with Crippen molar-refractivity contribution in [3.05, 3.63) is 47.5 Å². The maximum absolute atomic E-state index is 12.1. The van der Waals surface area contributed by atoms with Crippen LogP contribution in [0.4, 0.5) is 5.69 Å². The number of nitrogens with one attached hydrogen (secondary N) is 1. The molecule has 1 amide bonds. The van der Waals surface area contributed by atoms with E-state index in [2.05, 4.69) is 5.32 Å². The molecule has 2 aromatic rings. The molecule has 20 heavy (non-hydrogen) atoms. The van der Waals surface area contributed by atoms with Gasteiger partial charge in [-0.25, -0.2) is 0 Å². The number of aryl methyl sites for hydroxylation is 1. The molecule has 102 valence electrons. The summed E-state index contributed by atoms with van der Waals surface area (Å²) in [6, 6.07) is 10.0. The Balaban J connectivity index is 1.82. The molecule has 0 saturated carbocycles. The van der Waals surface area contributed by atoms with Crippen molar-refractivity contribution in [3.63, 3.8) is 0 Å². The summed E-state index contributed by atoms with van der Waals surface area (Å²) in [6.07, 6.45) is 0. The molecule has 0 aromatic heterocycles. The normalized spacial score (nSPS) is 12.2. The van der Waals surface area contributed by atoms with Gasteiger partial charge in [0.1, 0.15) is 5.75 Å². The number of carbonyl (C=O) groups excluding carboxylic acids is 1. The lowest BCUT2D eigenvalue weighted by Crippen LogP contribution is -2.12. The topological polar surface area (TPSA) is 67.8 Å². The average Bonchev–Trinajstić information content (AvgIpc) is 2.85. The predicted molar refractivity (Wildman–Crippen MR) is 73.4 cm³/mol. The summed E-state index contributed by atoms with van der Waals surface area (Å²) in [4.78, 5) is 12.1. The minimum atomic E-state index is -0.374. The molecule has 0 spiro atoms. The maximum Gasteiger partial charge on any atom is 0.259 e. The number of hydrogen-bond acceptors (Lipinski definition) is 4. The third kappa shape index (κ3) is 2.25. The Labute approximate surface area is 115 Å². The van der Waals surface area contributed by atoms with Crippen LogP contribution in [0.15, 0.2) is 36.4 Å². The van der Waals surface area contributed by atoms with Crippen molar-refractivity contribution in [2.75, 3.05) is 12.1 Å². The van der Waals surface area contributed by atoms with E-state index in [4.69, 9.17) is 9.47 Å². The Kier molecular flexibility index (Phi) is 2.95. The molecule has 2 aromatic carbocycles. The quantitative estimate of drug-likeness (QED) is 0.881. The van der Waals surface area contributed by atoms with Gasteiger partial charge in [0, 0.05) is 11.8 Å². The SMILES string of the molecule is Cc1ccc(C(=O)Nc2ccc3c(c2)OCO3)c(O)c1. The van der Waals surface area contributed by atoms with Gasteiger partial charge in [-0.3, -0.25) is 4.79 Å². The van der Waals surface area contributed by atoms with Crippen LogP contribution in [0.5, 0.6) is 17.2 Å². The summed E-state index contributed by atoms with van der Waals surface area (Å²) in [7, 11) is 0. The third-order valence-corrected chi connectivity index (χ3v) is 3.03. The fraction of sp³-hybridized carbons (Fsp3) is 0.133. The number of aromatic hydroxyl groups is 1. The lowest BCUT2D eigenvalue weighted by Gasteiger charge is -2.08. The molecule has 0 atom stereocenters. The van der Waals surface area contributed by atoms with Crippen LogP contribution in [-0.4, -0.2) is 17.8 Å². The lowest BCUT2D eigenvalue weighted by atomic mass is 10.1. The van der Waals surface area contributed by atoms with Crippen LogP contribution in [-0.2, 0) is 0 Å². The molecule has 1 heterocycles. The highest BCUT2D eigenvalue weighted by molar-refractivity contribution is 6.06. The van der Waals surface area contributed by atoms with Crippen molar-refractivity contribution < 1.29 is 19.4 Å². The van der Waals surface area contributed by atoms with Gasteiger partial charge in [-0.2, -0.15) is 0 Å². The summed E-state index contributed by atoms with van der Waals surface area (Å²) >= 11 is 0. The smallest absolute Gasteiger partial charge is 0.259 e. The number of anilines is 1. The van der Waals surface area contributed by atoms with Crippen LogP contribution in [0, 0.1) is 6.92 Å². The zero-order chi connectivity index (χ0) is 14.1. The first-order valence-corrected chi connectivity index (χ1v) is 6.14. The van der Waals surface area contributed by atoms with Gasteiger partial charge >= 0.3 is 0 Å². The number of fused-ring (bicyclic) bond motifs is 1. The highest BCUT2D eigenvalue weighted by Crippen LogP contribution is 2.34. The molecular formula is C15H13NO4. The van der Waals surface area contributed by atoms with Gasteiger partial charge in [0.15, 0.2) is 11.5 Å². The van der Waals surface area contributed by atoms with E-state index in [0.717, 1.165) is 5.56 Å². The van der Waals surface area contributed by atoms with E-state index in [1.807, 2.05) is 6.92 Å². The molecule has 5 heteroatoms. The van der Waals surface area contributed by atoms with Crippen molar-refractivity contribution in [1.82, 2.24) is 0 Å². The van der Waals surface area contributed by atoms with E-state index in [-0.39, 0.29) is 24.0 Å². The van der Waals surface area contributed by atoms with Gasteiger partial charge < -0.3 is 19.9 Å². The molecule has 0 fully saturated rings. The first-order valence-electron chi connectivity index (χ1n) is 6.14. The Morgan fingerprint density at radius 3 is 2.75 bits per heavy atom. The van der Waals surface area contributed by atoms with E-state index in [0.29, 0.717) is 17.2 Å². The van der Waals surface area contributed by atoms with Gasteiger partial charge in [0.05, 0.1) is 5.56 Å². The number of phenols is 1. The molecule has 0 saturated heterocycles. The monoisotopic (exact) mass is 271 g/mol. The zero-order valence-corrected chi connectivity index (χ0v) is 10.8. The largest absolute Gasteiger partial charge is 0.507 e. The van der Waals surface area contributed by atoms with E-state index in [1.54, 1.807) is 36.4 Å². The van der Waals surface area contributed by atoms with Gasteiger partial charge in [0.25, 0.3) is 5.91 Å². The lowest BCUT2D eigenvalue weighted by molar-refractivity contribution is 0.102. The minimum Gasteiger partial charge on any atom is -0.507 e. The Hall–Kier alpha value is -2.69. The van der Waals surface area contributed by atoms with Crippen molar-refractivity contribution >= 4 is 11.6 Å². The average molecular weight is 271 g/mol. The number of hydrogen-bond donors (Lipinski definition) is 2. The Morgan fingerprint density at radius 1 is 1.15 bits per heavy atom. The standard InChI is InChI=1S/C15H13NO4/c1-9-2-4-11(12(17)6-9)15(18)16-10-3-5-13-14(7-10)20-8-19-13/h2-7,17H,8H2,1H3,(H,16,18). The molecule has 5 nitrogen and oxygen atoms in total. The van der Waals surface area contributed by atoms with Crippen molar-refractivity contribution in [2.45, 2.75) is 6.92 Å². The third-order valence-electron chi connectivity index (χ3n) is 3.03. The van der Waals surface area contributed by atoms with Crippen molar-refractivity contribution in [2.24, 2.45) is 0 Å². The molecular weight excluding hydrogens is 258 g/mol. The van der Waals surface area contributed by atoms with E-state index < -0.39 is 0 Å². The van der Waals surface area contributed by atoms with Crippen molar-refractivity contribution in [3.8, 4) is 17.2 Å². The number of carbonyl (C=O) groups is 1. The van der Waals surface area contributed by atoms with Crippen LogP contribution < -0.4 is 14.8 Å². The summed E-state index contributed by atoms with van der Waals surface area (Å²) in [5, 5.41) is 12.5. The van der Waals surface area contributed by atoms with E-state index in [9.17, 15) is 9.90 Å².